The van der Waals surface area contributed by atoms with E-state index < -0.39 is 5.97 Å². The molecule has 1 heterocycles. The van der Waals surface area contributed by atoms with Crippen LogP contribution in [0.25, 0.3) is 6.08 Å². The van der Waals surface area contributed by atoms with E-state index in [2.05, 4.69) is 10.3 Å². The third-order valence-corrected chi connectivity index (χ3v) is 2.31. The fourth-order valence-electron chi connectivity index (χ4n) is 1.49. The van der Waals surface area contributed by atoms with Gasteiger partial charge in [0.05, 0.1) is 6.20 Å². The molecule has 98 valence electrons. The molecule has 0 aliphatic carbocycles. The van der Waals surface area contributed by atoms with E-state index in [1.165, 1.54) is 6.08 Å². The van der Waals surface area contributed by atoms with Crippen molar-refractivity contribution in [2.45, 2.75) is 6.61 Å². The summed E-state index contributed by atoms with van der Waals surface area (Å²) in [7, 11) is 1.79. The van der Waals surface area contributed by atoms with Crippen LogP contribution in [0, 0.1) is 0 Å². The molecule has 0 bridgehead atoms. The Morgan fingerprint density at radius 3 is 3.05 bits per heavy atom. The second kappa shape index (κ2) is 5.81. The highest BCUT2D eigenvalue weighted by Gasteiger charge is 2.00. The minimum Gasteiger partial charge on any atom is -0.487 e. The van der Waals surface area contributed by atoms with Crippen molar-refractivity contribution in [2.24, 2.45) is 7.05 Å². The molecule has 2 aromatic rings. The van der Waals surface area contributed by atoms with Crippen molar-refractivity contribution >= 4 is 12.0 Å². The van der Waals surface area contributed by atoms with Gasteiger partial charge in [0.15, 0.2) is 0 Å². The van der Waals surface area contributed by atoms with Gasteiger partial charge in [-0.15, -0.1) is 5.10 Å². The van der Waals surface area contributed by atoms with Crippen LogP contribution in [0.1, 0.15) is 11.3 Å². The van der Waals surface area contributed by atoms with Gasteiger partial charge in [0.2, 0.25) is 0 Å². The van der Waals surface area contributed by atoms with Gasteiger partial charge in [-0.3, -0.25) is 4.68 Å². The normalized spacial score (nSPS) is 10.8. The lowest BCUT2D eigenvalue weighted by atomic mass is 10.2. The monoisotopic (exact) mass is 259 g/mol. The first kappa shape index (κ1) is 12.8. The molecule has 0 aliphatic rings. The molecular weight excluding hydrogens is 246 g/mol. The smallest absolute Gasteiger partial charge is 0.328 e. The van der Waals surface area contributed by atoms with E-state index in [1.807, 2.05) is 0 Å². The topological polar surface area (TPSA) is 77.2 Å². The summed E-state index contributed by atoms with van der Waals surface area (Å²) in [6.07, 6.45) is 4.37. The van der Waals surface area contributed by atoms with Crippen molar-refractivity contribution < 1.29 is 14.6 Å². The zero-order valence-electron chi connectivity index (χ0n) is 10.4. The van der Waals surface area contributed by atoms with Crippen molar-refractivity contribution in [1.29, 1.82) is 0 Å². The SMILES string of the molecule is Cn1cc(COc2cccc(/C=C/C(=O)O)c2)nn1. The number of hydrogen-bond donors (Lipinski definition) is 1. The van der Waals surface area contributed by atoms with Gasteiger partial charge in [0, 0.05) is 13.1 Å². The number of carboxylic acids is 1. The Morgan fingerprint density at radius 1 is 1.53 bits per heavy atom. The predicted octanol–water partition coefficient (Wildman–Crippen LogP) is 1.49. The third kappa shape index (κ3) is 3.95. The highest BCUT2D eigenvalue weighted by atomic mass is 16.5. The van der Waals surface area contributed by atoms with E-state index in [0.29, 0.717) is 12.4 Å². The summed E-state index contributed by atoms with van der Waals surface area (Å²) in [5.74, 6) is -0.330. The number of nitrogens with zero attached hydrogens (tertiary/aromatic N) is 3. The first-order chi connectivity index (χ1) is 9.13. The highest BCUT2D eigenvalue weighted by molar-refractivity contribution is 5.85. The Hall–Kier alpha value is -2.63. The number of carboxylic acid groups (broad SMARTS) is 1. The minimum absolute atomic E-state index is 0.319. The zero-order valence-corrected chi connectivity index (χ0v) is 10.4. The number of carbonyl (C=O) groups is 1. The van der Waals surface area contributed by atoms with Gasteiger partial charge in [0.1, 0.15) is 18.1 Å². The van der Waals surface area contributed by atoms with Crippen molar-refractivity contribution in [3.05, 3.63) is 47.8 Å². The predicted molar refractivity (Wildman–Crippen MR) is 68.4 cm³/mol. The van der Waals surface area contributed by atoms with Crippen LogP contribution in [0.2, 0.25) is 0 Å². The lowest BCUT2D eigenvalue weighted by Gasteiger charge is -2.04. The molecule has 0 spiro atoms. The standard InChI is InChI=1S/C13H13N3O3/c1-16-8-11(14-15-16)9-19-12-4-2-3-10(7-12)5-6-13(17)18/h2-8H,9H2,1H3,(H,17,18)/b6-5+. The molecule has 2 rings (SSSR count). The molecule has 1 aromatic carbocycles. The quantitative estimate of drug-likeness (QED) is 0.823. The van der Waals surface area contributed by atoms with Crippen molar-refractivity contribution in [3.63, 3.8) is 0 Å². The van der Waals surface area contributed by atoms with E-state index in [1.54, 1.807) is 42.2 Å². The molecule has 1 N–H and O–H groups in total. The molecule has 0 fully saturated rings. The minimum atomic E-state index is -0.981. The summed E-state index contributed by atoms with van der Waals surface area (Å²) >= 11 is 0. The van der Waals surface area contributed by atoms with Crippen molar-refractivity contribution in [3.8, 4) is 5.75 Å². The molecule has 0 amide bonds. The van der Waals surface area contributed by atoms with Crippen LogP contribution in [0.15, 0.2) is 36.5 Å². The van der Waals surface area contributed by atoms with Crippen LogP contribution in [-0.4, -0.2) is 26.1 Å². The van der Waals surface area contributed by atoms with Gasteiger partial charge in [-0.1, -0.05) is 17.3 Å². The average molecular weight is 259 g/mol. The summed E-state index contributed by atoms with van der Waals surface area (Å²) < 4.78 is 7.16. The number of hydrogen-bond acceptors (Lipinski definition) is 4. The van der Waals surface area contributed by atoms with Crippen LogP contribution in [-0.2, 0) is 18.4 Å². The Labute approximate surface area is 109 Å². The van der Waals surface area contributed by atoms with E-state index in [4.69, 9.17) is 9.84 Å². The lowest BCUT2D eigenvalue weighted by molar-refractivity contribution is -0.131. The fourth-order valence-corrected chi connectivity index (χ4v) is 1.49. The zero-order chi connectivity index (χ0) is 13.7. The van der Waals surface area contributed by atoms with Crippen LogP contribution in [0.3, 0.4) is 0 Å². The van der Waals surface area contributed by atoms with Gasteiger partial charge in [-0.25, -0.2) is 4.79 Å². The van der Waals surface area contributed by atoms with E-state index in [0.717, 1.165) is 17.3 Å². The fraction of sp³-hybridized carbons (Fsp3) is 0.154. The molecule has 0 saturated carbocycles. The molecule has 0 aliphatic heterocycles. The molecule has 0 unspecified atom stereocenters. The van der Waals surface area contributed by atoms with Crippen LogP contribution >= 0.6 is 0 Å². The summed E-state index contributed by atoms with van der Waals surface area (Å²) in [5, 5.41) is 16.3. The van der Waals surface area contributed by atoms with Gasteiger partial charge in [-0.05, 0) is 23.8 Å². The lowest BCUT2D eigenvalue weighted by Crippen LogP contribution is -1.96. The molecule has 1 aromatic heterocycles. The second-order valence-electron chi connectivity index (χ2n) is 3.92. The second-order valence-corrected chi connectivity index (χ2v) is 3.92. The maximum Gasteiger partial charge on any atom is 0.328 e. The van der Waals surface area contributed by atoms with Crippen LogP contribution in [0.4, 0.5) is 0 Å². The highest BCUT2D eigenvalue weighted by Crippen LogP contribution is 2.15. The number of aryl methyl sites for hydroxylation is 1. The molecule has 19 heavy (non-hydrogen) atoms. The van der Waals surface area contributed by atoms with Gasteiger partial charge < -0.3 is 9.84 Å². The maximum absolute atomic E-state index is 10.4. The van der Waals surface area contributed by atoms with Gasteiger partial charge in [-0.2, -0.15) is 0 Å². The Morgan fingerprint density at radius 2 is 2.37 bits per heavy atom. The Bertz CT molecular complexity index is 605. The number of aliphatic carboxylic acids is 1. The maximum atomic E-state index is 10.4. The summed E-state index contributed by atoms with van der Waals surface area (Å²) in [5.41, 5.74) is 1.49. The first-order valence-electron chi connectivity index (χ1n) is 5.62. The summed E-state index contributed by atoms with van der Waals surface area (Å²) in [6, 6.07) is 7.16. The number of benzene rings is 1. The third-order valence-electron chi connectivity index (χ3n) is 2.31. The van der Waals surface area contributed by atoms with E-state index in [-0.39, 0.29) is 0 Å². The molecular formula is C13H13N3O3. The average Bonchev–Trinajstić information content (AvgIpc) is 2.80. The van der Waals surface area contributed by atoms with E-state index >= 15 is 0 Å². The summed E-state index contributed by atoms with van der Waals surface area (Å²) in [4.78, 5) is 10.4. The van der Waals surface area contributed by atoms with Crippen molar-refractivity contribution in [2.75, 3.05) is 0 Å². The molecule has 0 atom stereocenters. The van der Waals surface area contributed by atoms with E-state index in [9.17, 15) is 4.79 Å². The Kier molecular flexibility index (Phi) is 3.92. The van der Waals surface area contributed by atoms with Crippen molar-refractivity contribution in [1.82, 2.24) is 15.0 Å². The van der Waals surface area contributed by atoms with Crippen LogP contribution in [0.5, 0.6) is 5.75 Å². The molecule has 6 nitrogen and oxygen atoms in total. The molecule has 0 saturated heterocycles. The number of ether oxygens (including phenoxy) is 1. The number of aromatic nitrogens is 3. The Balaban J connectivity index is 2.00. The largest absolute Gasteiger partial charge is 0.487 e. The van der Waals surface area contributed by atoms with Gasteiger partial charge >= 0.3 is 5.97 Å². The summed E-state index contributed by atoms with van der Waals surface area (Å²) in [6.45, 7) is 0.319. The van der Waals surface area contributed by atoms with Gasteiger partial charge in [0.25, 0.3) is 0 Å². The molecule has 6 heteroatoms. The van der Waals surface area contributed by atoms with Crippen LogP contribution < -0.4 is 4.74 Å². The first-order valence-corrected chi connectivity index (χ1v) is 5.62. The number of rotatable bonds is 5. The molecule has 0 radical (unpaired) electrons.